The summed E-state index contributed by atoms with van der Waals surface area (Å²) in [6, 6.07) is 9.22. The Morgan fingerprint density at radius 2 is 1.78 bits per heavy atom. The zero-order valence-corrected chi connectivity index (χ0v) is 10.4. The summed E-state index contributed by atoms with van der Waals surface area (Å²) in [7, 11) is 0. The summed E-state index contributed by atoms with van der Waals surface area (Å²) in [4.78, 5) is 4.19. The maximum atomic E-state index is 6.12. The van der Waals surface area contributed by atoms with E-state index in [1.54, 1.807) is 12.1 Å². The molecule has 0 unspecified atom stereocenters. The third-order valence-electron chi connectivity index (χ3n) is 2.94. The fourth-order valence-electron chi connectivity index (χ4n) is 2.21. The highest BCUT2D eigenvalue weighted by atomic mass is 35.5. The summed E-state index contributed by atoms with van der Waals surface area (Å²) >= 11 is 11.9. The second-order valence-electron chi connectivity index (χ2n) is 3.97. The van der Waals surface area contributed by atoms with E-state index in [2.05, 4.69) is 4.98 Å². The van der Waals surface area contributed by atoms with E-state index in [0.29, 0.717) is 21.7 Å². The molecule has 2 aromatic carbocycles. The van der Waals surface area contributed by atoms with Crippen LogP contribution in [0, 0.1) is 0 Å². The quantitative estimate of drug-likeness (QED) is 0.452. The SMILES string of the molecule is Clc1nc2c(ccc3oc4c(Cl)cccc4c32)o1. The Morgan fingerprint density at radius 3 is 2.67 bits per heavy atom. The Labute approximate surface area is 111 Å². The average molecular weight is 278 g/mol. The van der Waals surface area contributed by atoms with Crippen LogP contribution >= 0.6 is 23.2 Å². The molecule has 3 nitrogen and oxygen atoms in total. The summed E-state index contributed by atoms with van der Waals surface area (Å²) in [5, 5.41) is 2.48. The van der Waals surface area contributed by atoms with Gasteiger partial charge < -0.3 is 8.83 Å². The lowest BCUT2D eigenvalue weighted by Crippen LogP contribution is -1.71. The van der Waals surface area contributed by atoms with Crippen LogP contribution in [-0.4, -0.2) is 4.98 Å². The zero-order valence-electron chi connectivity index (χ0n) is 8.91. The van der Waals surface area contributed by atoms with Crippen LogP contribution in [-0.2, 0) is 0 Å². The van der Waals surface area contributed by atoms with Crippen molar-refractivity contribution in [3.63, 3.8) is 0 Å². The van der Waals surface area contributed by atoms with Gasteiger partial charge in [0.2, 0.25) is 0 Å². The van der Waals surface area contributed by atoms with Gasteiger partial charge in [0.05, 0.1) is 10.4 Å². The molecule has 4 rings (SSSR count). The molecule has 0 spiro atoms. The van der Waals surface area contributed by atoms with Crippen molar-refractivity contribution in [2.24, 2.45) is 0 Å². The third-order valence-corrected chi connectivity index (χ3v) is 3.40. The predicted octanol–water partition coefficient (Wildman–Crippen LogP) is 5.03. The topological polar surface area (TPSA) is 39.2 Å². The largest absolute Gasteiger partial charge is 0.454 e. The zero-order chi connectivity index (χ0) is 12.3. The second-order valence-corrected chi connectivity index (χ2v) is 4.70. The van der Waals surface area contributed by atoms with Crippen LogP contribution in [0.15, 0.2) is 39.2 Å². The minimum Gasteiger partial charge on any atom is -0.454 e. The molecule has 2 aromatic heterocycles. The van der Waals surface area contributed by atoms with Crippen molar-refractivity contribution in [1.29, 1.82) is 0 Å². The van der Waals surface area contributed by atoms with E-state index in [9.17, 15) is 0 Å². The molecule has 0 aliphatic rings. The van der Waals surface area contributed by atoms with Crippen LogP contribution < -0.4 is 0 Å². The normalized spacial score (nSPS) is 11.9. The highest BCUT2D eigenvalue weighted by Crippen LogP contribution is 2.37. The number of aromatic nitrogens is 1. The van der Waals surface area contributed by atoms with Gasteiger partial charge in [0, 0.05) is 5.39 Å². The number of furan rings is 1. The summed E-state index contributed by atoms with van der Waals surface area (Å²) in [5.74, 6) is 0. The lowest BCUT2D eigenvalue weighted by molar-refractivity contribution is 0.604. The van der Waals surface area contributed by atoms with E-state index in [4.69, 9.17) is 32.0 Å². The minimum atomic E-state index is 0.119. The molecular formula is C13H5Cl2NO2. The van der Waals surface area contributed by atoms with Crippen molar-refractivity contribution < 1.29 is 8.83 Å². The van der Waals surface area contributed by atoms with Gasteiger partial charge in [-0.25, -0.2) is 0 Å². The van der Waals surface area contributed by atoms with Gasteiger partial charge in [0.1, 0.15) is 11.1 Å². The highest BCUT2D eigenvalue weighted by molar-refractivity contribution is 6.36. The third kappa shape index (κ3) is 1.23. The summed E-state index contributed by atoms with van der Waals surface area (Å²) in [6.45, 7) is 0. The Bertz CT molecular complexity index is 907. The molecule has 88 valence electrons. The molecule has 2 heterocycles. The predicted molar refractivity (Wildman–Crippen MR) is 71.3 cm³/mol. The first-order chi connectivity index (χ1) is 8.74. The number of hydrogen-bond acceptors (Lipinski definition) is 3. The van der Waals surface area contributed by atoms with Crippen molar-refractivity contribution in [3.05, 3.63) is 40.7 Å². The number of fused-ring (bicyclic) bond motifs is 5. The molecule has 0 amide bonds. The molecule has 18 heavy (non-hydrogen) atoms. The first-order valence-electron chi connectivity index (χ1n) is 5.30. The van der Waals surface area contributed by atoms with E-state index < -0.39 is 0 Å². The van der Waals surface area contributed by atoms with Crippen LogP contribution in [0.5, 0.6) is 0 Å². The van der Waals surface area contributed by atoms with Gasteiger partial charge >= 0.3 is 0 Å². The lowest BCUT2D eigenvalue weighted by atomic mass is 10.1. The molecule has 4 aromatic rings. The Balaban J connectivity index is 2.36. The Kier molecular flexibility index (Phi) is 1.93. The van der Waals surface area contributed by atoms with E-state index in [1.165, 1.54) is 0 Å². The molecule has 0 N–H and O–H groups in total. The molecule has 0 atom stereocenters. The van der Waals surface area contributed by atoms with Gasteiger partial charge in [0.15, 0.2) is 11.2 Å². The van der Waals surface area contributed by atoms with Gasteiger partial charge in [0.25, 0.3) is 5.35 Å². The Hall–Kier alpha value is -1.71. The molecule has 0 fully saturated rings. The molecular weight excluding hydrogens is 273 g/mol. The van der Waals surface area contributed by atoms with Crippen LogP contribution in [0.4, 0.5) is 0 Å². The fourth-order valence-corrected chi connectivity index (χ4v) is 2.59. The summed E-state index contributed by atoms with van der Waals surface area (Å²) in [5.41, 5.74) is 2.70. The maximum Gasteiger partial charge on any atom is 0.293 e. The van der Waals surface area contributed by atoms with E-state index in [-0.39, 0.29) is 5.35 Å². The fraction of sp³-hybridized carbons (Fsp3) is 0. The van der Waals surface area contributed by atoms with Crippen LogP contribution in [0.1, 0.15) is 0 Å². The molecule has 5 heteroatoms. The van der Waals surface area contributed by atoms with Crippen molar-refractivity contribution in [2.75, 3.05) is 0 Å². The Morgan fingerprint density at radius 1 is 0.944 bits per heavy atom. The van der Waals surface area contributed by atoms with Gasteiger partial charge in [-0.2, -0.15) is 4.98 Å². The van der Waals surface area contributed by atoms with Gasteiger partial charge in [-0.3, -0.25) is 0 Å². The number of benzene rings is 2. The van der Waals surface area contributed by atoms with Crippen molar-refractivity contribution in [3.8, 4) is 0 Å². The van der Waals surface area contributed by atoms with Crippen LogP contribution in [0.25, 0.3) is 33.0 Å². The summed E-state index contributed by atoms with van der Waals surface area (Å²) < 4.78 is 11.0. The number of rotatable bonds is 0. The minimum absolute atomic E-state index is 0.119. The molecule has 0 bridgehead atoms. The van der Waals surface area contributed by atoms with Crippen molar-refractivity contribution in [2.45, 2.75) is 0 Å². The average Bonchev–Trinajstić information content (AvgIpc) is 2.88. The number of halogens is 2. The molecule has 0 aliphatic heterocycles. The summed E-state index contributed by atoms with van der Waals surface area (Å²) in [6.07, 6.45) is 0. The molecule has 0 saturated heterocycles. The monoisotopic (exact) mass is 277 g/mol. The molecule has 0 radical (unpaired) electrons. The number of para-hydroxylation sites is 1. The number of hydrogen-bond donors (Lipinski definition) is 0. The van der Waals surface area contributed by atoms with E-state index in [0.717, 1.165) is 16.4 Å². The first-order valence-corrected chi connectivity index (χ1v) is 6.05. The van der Waals surface area contributed by atoms with E-state index >= 15 is 0 Å². The first kappa shape index (κ1) is 10.2. The van der Waals surface area contributed by atoms with Crippen LogP contribution in [0.3, 0.4) is 0 Å². The van der Waals surface area contributed by atoms with Gasteiger partial charge in [-0.05, 0) is 29.8 Å². The van der Waals surface area contributed by atoms with Crippen molar-refractivity contribution in [1.82, 2.24) is 4.98 Å². The maximum absolute atomic E-state index is 6.12. The standard InChI is InChI=1S/C13H5Cl2NO2/c14-7-3-1-2-6-10-8(17-12(6)7)4-5-9-11(10)16-13(15)18-9/h1-5H. The lowest BCUT2D eigenvalue weighted by Gasteiger charge is -1.90. The number of nitrogens with zero attached hydrogens (tertiary/aromatic N) is 1. The van der Waals surface area contributed by atoms with Gasteiger partial charge in [-0.15, -0.1) is 0 Å². The highest BCUT2D eigenvalue weighted by Gasteiger charge is 2.15. The van der Waals surface area contributed by atoms with E-state index in [1.807, 2.05) is 18.2 Å². The van der Waals surface area contributed by atoms with Crippen molar-refractivity contribution >= 4 is 56.2 Å². The number of oxazole rings is 1. The molecule has 0 aliphatic carbocycles. The van der Waals surface area contributed by atoms with Crippen LogP contribution in [0.2, 0.25) is 10.4 Å². The van der Waals surface area contributed by atoms with Gasteiger partial charge in [-0.1, -0.05) is 23.7 Å². The second kappa shape index (κ2) is 3.40. The molecule has 0 saturated carbocycles. The smallest absolute Gasteiger partial charge is 0.293 e.